The van der Waals surface area contributed by atoms with Crippen molar-refractivity contribution >= 4 is 16.2 Å². The maximum absolute atomic E-state index is 14.9. The molecule has 38 heavy (non-hydrogen) atoms. The van der Waals surface area contributed by atoms with Crippen molar-refractivity contribution in [3.8, 4) is 28.0 Å². The largest absolute Gasteiger partial charge is 0.483 e. The molecule has 1 atom stereocenters. The second kappa shape index (κ2) is 12.0. The fraction of sp³-hybridized carbons (Fsp3) is 0.125. The molecule has 194 valence electrons. The summed E-state index contributed by atoms with van der Waals surface area (Å²) in [4.78, 5) is 0.0553. The van der Waals surface area contributed by atoms with Gasteiger partial charge in [0.15, 0.2) is 0 Å². The highest BCUT2D eigenvalue weighted by Gasteiger charge is 2.22. The SMILES string of the molecule is C=C[C@@H](COS(=O)(=O)c1ccc(C)cc1)Oc1c(C=CC)cc(F)cc1-c1ccccc1-c1ccccc1. The van der Waals surface area contributed by atoms with Gasteiger partial charge in [-0.25, -0.2) is 4.39 Å². The van der Waals surface area contributed by atoms with E-state index in [1.807, 2.05) is 68.4 Å². The van der Waals surface area contributed by atoms with Crippen molar-refractivity contribution in [2.24, 2.45) is 0 Å². The van der Waals surface area contributed by atoms with Crippen molar-refractivity contribution in [1.82, 2.24) is 0 Å². The third kappa shape index (κ3) is 6.28. The Kier molecular flexibility index (Phi) is 8.56. The van der Waals surface area contributed by atoms with E-state index in [-0.39, 0.29) is 11.5 Å². The summed E-state index contributed by atoms with van der Waals surface area (Å²) in [6.45, 7) is 7.21. The normalized spacial score (nSPS) is 12.4. The first-order chi connectivity index (χ1) is 18.3. The second-order valence-corrected chi connectivity index (χ2v) is 10.3. The van der Waals surface area contributed by atoms with Crippen molar-refractivity contribution in [2.45, 2.75) is 24.8 Å². The van der Waals surface area contributed by atoms with Gasteiger partial charge >= 0.3 is 0 Å². The highest BCUT2D eigenvalue weighted by atomic mass is 32.2. The quantitative estimate of drug-likeness (QED) is 0.155. The van der Waals surface area contributed by atoms with Gasteiger partial charge in [0.1, 0.15) is 24.3 Å². The first-order valence-electron chi connectivity index (χ1n) is 12.2. The molecule has 0 radical (unpaired) electrons. The zero-order valence-corrected chi connectivity index (χ0v) is 22.1. The standard InChI is InChI=1S/C32H29FO4S/c1-4-11-25-20-26(33)21-31(30-15-10-9-14-29(30)24-12-7-6-8-13-24)32(25)37-27(5-2)22-36-38(34,35)28-18-16-23(3)17-19-28/h4-21,27H,2,22H2,1,3H3/t27-/m0/s1. The molecular weight excluding hydrogens is 499 g/mol. The van der Waals surface area contributed by atoms with E-state index in [1.165, 1.54) is 30.3 Å². The fourth-order valence-electron chi connectivity index (χ4n) is 4.07. The number of hydrogen-bond acceptors (Lipinski definition) is 4. The van der Waals surface area contributed by atoms with Crippen LogP contribution in [0.2, 0.25) is 0 Å². The van der Waals surface area contributed by atoms with Crippen molar-refractivity contribution in [3.63, 3.8) is 0 Å². The molecule has 0 aliphatic rings. The number of allylic oxidation sites excluding steroid dienone is 1. The average Bonchev–Trinajstić information content (AvgIpc) is 2.92. The minimum atomic E-state index is -4.01. The Hall–Kier alpha value is -4.00. The van der Waals surface area contributed by atoms with Crippen LogP contribution in [0.4, 0.5) is 4.39 Å². The third-order valence-corrected chi connectivity index (χ3v) is 7.26. The van der Waals surface area contributed by atoms with Crippen LogP contribution in [0, 0.1) is 12.7 Å². The molecule has 0 aromatic heterocycles. The van der Waals surface area contributed by atoms with Crippen LogP contribution in [0.5, 0.6) is 5.75 Å². The van der Waals surface area contributed by atoms with E-state index in [0.29, 0.717) is 16.9 Å². The van der Waals surface area contributed by atoms with Gasteiger partial charge in [-0.3, -0.25) is 4.18 Å². The van der Waals surface area contributed by atoms with Gasteiger partial charge in [0.05, 0.1) is 4.90 Å². The van der Waals surface area contributed by atoms with Crippen LogP contribution in [0.25, 0.3) is 28.3 Å². The lowest BCUT2D eigenvalue weighted by atomic mass is 9.92. The van der Waals surface area contributed by atoms with Crippen LogP contribution in [-0.4, -0.2) is 21.1 Å². The molecule has 0 spiro atoms. The molecule has 0 aliphatic carbocycles. The summed E-state index contributed by atoms with van der Waals surface area (Å²) in [5.41, 5.74) is 4.63. The minimum Gasteiger partial charge on any atom is -0.483 e. The highest BCUT2D eigenvalue weighted by molar-refractivity contribution is 7.86. The molecule has 0 bridgehead atoms. The number of aryl methyl sites for hydroxylation is 1. The molecule has 0 unspecified atom stereocenters. The van der Waals surface area contributed by atoms with E-state index in [9.17, 15) is 12.8 Å². The summed E-state index contributed by atoms with van der Waals surface area (Å²) in [5.74, 6) is -0.0224. The van der Waals surface area contributed by atoms with E-state index in [4.69, 9.17) is 8.92 Å². The fourth-order valence-corrected chi connectivity index (χ4v) is 4.99. The third-order valence-electron chi connectivity index (χ3n) is 5.96. The molecule has 0 aliphatic heterocycles. The average molecular weight is 529 g/mol. The lowest BCUT2D eigenvalue weighted by Gasteiger charge is -2.22. The Bertz CT molecular complexity index is 1540. The number of ether oxygens (including phenoxy) is 1. The maximum atomic E-state index is 14.9. The van der Waals surface area contributed by atoms with Crippen LogP contribution >= 0.6 is 0 Å². The summed E-state index contributed by atoms with van der Waals surface area (Å²) in [6, 6.07) is 26.7. The van der Waals surface area contributed by atoms with Crippen LogP contribution < -0.4 is 4.74 Å². The Labute approximate surface area is 223 Å². The Morgan fingerprint density at radius 2 is 1.55 bits per heavy atom. The van der Waals surface area contributed by atoms with Crippen molar-refractivity contribution in [1.29, 1.82) is 0 Å². The zero-order valence-electron chi connectivity index (χ0n) is 21.3. The number of benzene rings is 4. The first kappa shape index (κ1) is 27.0. The Morgan fingerprint density at radius 3 is 2.21 bits per heavy atom. The van der Waals surface area contributed by atoms with Crippen LogP contribution in [-0.2, 0) is 14.3 Å². The van der Waals surface area contributed by atoms with Crippen molar-refractivity contribution in [2.75, 3.05) is 6.61 Å². The Balaban J connectivity index is 1.72. The molecule has 4 rings (SSSR count). The smallest absolute Gasteiger partial charge is 0.297 e. The van der Waals surface area contributed by atoms with Gasteiger partial charge in [-0.2, -0.15) is 8.42 Å². The number of hydrogen-bond donors (Lipinski definition) is 0. The molecule has 0 saturated carbocycles. The van der Waals surface area contributed by atoms with Gasteiger partial charge in [-0.05, 0) is 60.9 Å². The van der Waals surface area contributed by atoms with Crippen LogP contribution in [0.15, 0.2) is 115 Å². The van der Waals surface area contributed by atoms with E-state index in [1.54, 1.807) is 24.3 Å². The Morgan fingerprint density at radius 1 is 0.895 bits per heavy atom. The van der Waals surface area contributed by atoms with Crippen LogP contribution in [0.1, 0.15) is 18.1 Å². The molecule has 0 fully saturated rings. The van der Waals surface area contributed by atoms with Crippen molar-refractivity contribution in [3.05, 3.63) is 127 Å². The second-order valence-electron chi connectivity index (χ2n) is 8.73. The predicted molar refractivity (Wildman–Crippen MR) is 151 cm³/mol. The van der Waals surface area contributed by atoms with Gasteiger partial charge in [0.2, 0.25) is 0 Å². The van der Waals surface area contributed by atoms with E-state index in [0.717, 1.165) is 22.3 Å². The summed E-state index contributed by atoms with van der Waals surface area (Å²) in [5, 5.41) is 0. The summed E-state index contributed by atoms with van der Waals surface area (Å²) < 4.78 is 52.0. The van der Waals surface area contributed by atoms with E-state index >= 15 is 0 Å². The van der Waals surface area contributed by atoms with Gasteiger partial charge in [0, 0.05) is 11.1 Å². The molecule has 4 aromatic carbocycles. The van der Waals surface area contributed by atoms with E-state index < -0.39 is 22.0 Å². The maximum Gasteiger partial charge on any atom is 0.297 e. The zero-order chi connectivity index (χ0) is 27.1. The minimum absolute atomic E-state index is 0.0553. The summed E-state index contributed by atoms with van der Waals surface area (Å²) in [6.07, 6.45) is 4.18. The lowest BCUT2D eigenvalue weighted by Crippen LogP contribution is -2.23. The van der Waals surface area contributed by atoms with Crippen molar-refractivity contribution < 1.29 is 21.7 Å². The van der Waals surface area contributed by atoms with Crippen LogP contribution in [0.3, 0.4) is 0 Å². The first-order valence-corrected chi connectivity index (χ1v) is 13.6. The predicted octanol–water partition coefficient (Wildman–Crippen LogP) is 7.84. The molecule has 4 nitrogen and oxygen atoms in total. The van der Waals surface area contributed by atoms with Gasteiger partial charge in [-0.1, -0.05) is 91.0 Å². The topological polar surface area (TPSA) is 52.6 Å². The summed E-state index contributed by atoms with van der Waals surface area (Å²) >= 11 is 0. The molecule has 0 heterocycles. The molecule has 0 saturated heterocycles. The highest BCUT2D eigenvalue weighted by Crippen LogP contribution is 2.41. The molecule has 0 amide bonds. The molecular formula is C32H29FO4S. The lowest BCUT2D eigenvalue weighted by molar-refractivity contribution is 0.168. The van der Waals surface area contributed by atoms with E-state index in [2.05, 4.69) is 6.58 Å². The molecule has 0 N–H and O–H groups in total. The van der Waals surface area contributed by atoms with Gasteiger partial charge < -0.3 is 4.74 Å². The monoisotopic (exact) mass is 528 g/mol. The summed E-state index contributed by atoms with van der Waals surface area (Å²) in [7, 11) is -4.01. The van der Waals surface area contributed by atoms with Gasteiger partial charge in [0.25, 0.3) is 10.1 Å². The number of rotatable bonds is 10. The molecule has 6 heteroatoms. The number of halogens is 1. The van der Waals surface area contributed by atoms with Gasteiger partial charge in [-0.15, -0.1) is 0 Å². The molecule has 4 aromatic rings.